The molecule has 0 saturated carbocycles. The Balaban J connectivity index is 2.27. The van der Waals surface area contributed by atoms with Crippen LogP contribution in [-0.4, -0.2) is 14.4 Å². The van der Waals surface area contributed by atoms with Crippen molar-refractivity contribution in [2.45, 2.75) is 0 Å². The van der Waals surface area contributed by atoms with Crippen LogP contribution in [-0.2, 0) is 0 Å². The Kier molecular flexibility index (Phi) is 2.56. The second-order valence-electron chi connectivity index (χ2n) is 3.95. The van der Waals surface area contributed by atoms with Crippen molar-refractivity contribution in [3.05, 3.63) is 64.8 Å². The number of hydrogen-bond donors (Lipinski definition) is 0. The van der Waals surface area contributed by atoms with Crippen LogP contribution in [0.5, 0.6) is 0 Å². The fourth-order valence-corrected chi connectivity index (χ4v) is 1.78. The van der Waals surface area contributed by atoms with Gasteiger partial charge in [-0.15, -0.1) is 0 Å². The van der Waals surface area contributed by atoms with E-state index in [1.165, 1.54) is 30.5 Å². The van der Waals surface area contributed by atoms with E-state index in [0.717, 1.165) is 16.8 Å². The van der Waals surface area contributed by atoms with E-state index in [-0.39, 0.29) is 5.65 Å². The minimum Gasteiger partial charge on any atom is -0.269 e. The number of rotatable bonds is 1. The molecule has 3 rings (SSSR count). The van der Waals surface area contributed by atoms with E-state index >= 15 is 0 Å². The summed E-state index contributed by atoms with van der Waals surface area (Å²) in [6.45, 7) is 0. The van der Waals surface area contributed by atoms with Crippen LogP contribution in [0.25, 0.3) is 16.9 Å². The van der Waals surface area contributed by atoms with E-state index in [1.54, 1.807) is 0 Å². The molecule has 3 heterocycles. The predicted octanol–water partition coefficient (Wildman–Crippen LogP) is 2.03. The summed E-state index contributed by atoms with van der Waals surface area (Å²) in [6, 6.07) is 5.03. The summed E-state index contributed by atoms with van der Waals surface area (Å²) in [4.78, 5) is 19.7. The lowest BCUT2D eigenvalue weighted by Crippen LogP contribution is -2.14. The molecule has 0 aliphatic heterocycles. The molecule has 0 aliphatic carbocycles. The Morgan fingerprint density at radius 3 is 2.68 bits per heavy atom. The fourth-order valence-electron chi connectivity index (χ4n) is 1.78. The molecule has 0 saturated heterocycles. The number of halogens is 2. The quantitative estimate of drug-likeness (QED) is 0.671. The predicted molar refractivity (Wildman–Crippen MR) is 64.6 cm³/mol. The summed E-state index contributed by atoms with van der Waals surface area (Å²) < 4.78 is 27.2. The molecule has 19 heavy (non-hydrogen) atoms. The van der Waals surface area contributed by atoms with Gasteiger partial charge in [-0.2, -0.15) is 0 Å². The van der Waals surface area contributed by atoms with Crippen LogP contribution in [0.1, 0.15) is 0 Å². The zero-order valence-corrected chi connectivity index (χ0v) is 9.55. The standard InChI is InChI=1S/C13H7F2N3O/c14-9-1-2-12-17-11(4-13(19)18(12)7-9)8-3-10(15)6-16-5-8/h1-7H. The highest BCUT2D eigenvalue weighted by Gasteiger charge is 2.06. The Labute approximate surface area is 106 Å². The number of hydrogen-bond acceptors (Lipinski definition) is 3. The normalized spacial score (nSPS) is 10.8. The number of pyridine rings is 2. The molecule has 3 aromatic heterocycles. The van der Waals surface area contributed by atoms with Crippen LogP contribution < -0.4 is 5.56 Å². The van der Waals surface area contributed by atoms with Gasteiger partial charge >= 0.3 is 0 Å². The third-order valence-corrected chi connectivity index (χ3v) is 2.62. The van der Waals surface area contributed by atoms with Crippen LogP contribution >= 0.6 is 0 Å². The van der Waals surface area contributed by atoms with Crippen molar-refractivity contribution in [1.82, 2.24) is 14.4 Å². The van der Waals surface area contributed by atoms with Crippen molar-refractivity contribution in [2.75, 3.05) is 0 Å². The van der Waals surface area contributed by atoms with E-state index in [9.17, 15) is 13.6 Å². The summed E-state index contributed by atoms with van der Waals surface area (Å²) in [5.41, 5.74) is 0.532. The summed E-state index contributed by atoms with van der Waals surface area (Å²) in [6.07, 6.45) is 3.52. The van der Waals surface area contributed by atoms with Gasteiger partial charge in [-0.05, 0) is 18.2 Å². The van der Waals surface area contributed by atoms with Crippen molar-refractivity contribution in [3.8, 4) is 11.3 Å². The molecule has 0 aliphatic rings. The van der Waals surface area contributed by atoms with Crippen LogP contribution in [0, 0.1) is 11.6 Å². The lowest BCUT2D eigenvalue weighted by molar-refractivity contribution is 0.617. The first-order valence-corrected chi connectivity index (χ1v) is 5.43. The molecule has 0 spiro atoms. The third kappa shape index (κ3) is 2.08. The van der Waals surface area contributed by atoms with E-state index in [0.29, 0.717) is 11.3 Å². The van der Waals surface area contributed by atoms with Crippen LogP contribution in [0.4, 0.5) is 8.78 Å². The fraction of sp³-hybridized carbons (Fsp3) is 0. The molecular formula is C13H7F2N3O. The van der Waals surface area contributed by atoms with Gasteiger partial charge in [0.25, 0.3) is 5.56 Å². The largest absolute Gasteiger partial charge is 0.269 e. The van der Waals surface area contributed by atoms with Gasteiger partial charge in [0.15, 0.2) is 0 Å². The monoisotopic (exact) mass is 259 g/mol. The van der Waals surface area contributed by atoms with Gasteiger partial charge in [0.1, 0.15) is 17.3 Å². The molecule has 0 unspecified atom stereocenters. The van der Waals surface area contributed by atoms with Crippen molar-refractivity contribution < 1.29 is 8.78 Å². The average molecular weight is 259 g/mol. The number of aromatic nitrogens is 3. The highest BCUT2D eigenvalue weighted by molar-refractivity contribution is 5.60. The van der Waals surface area contributed by atoms with Crippen molar-refractivity contribution in [1.29, 1.82) is 0 Å². The van der Waals surface area contributed by atoms with Crippen molar-refractivity contribution >= 4 is 5.65 Å². The molecule has 0 amide bonds. The van der Waals surface area contributed by atoms with Gasteiger partial charge in [-0.25, -0.2) is 13.8 Å². The molecule has 0 fully saturated rings. The molecule has 0 radical (unpaired) electrons. The van der Waals surface area contributed by atoms with E-state index in [1.807, 2.05) is 0 Å². The van der Waals surface area contributed by atoms with E-state index < -0.39 is 17.2 Å². The molecule has 0 bridgehead atoms. The lowest BCUT2D eigenvalue weighted by Gasteiger charge is -2.04. The third-order valence-electron chi connectivity index (χ3n) is 2.62. The highest BCUT2D eigenvalue weighted by Crippen LogP contribution is 2.16. The average Bonchev–Trinajstić information content (AvgIpc) is 2.39. The first kappa shape index (κ1) is 11.5. The van der Waals surface area contributed by atoms with Gasteiger partial charge in [-0.3, -0.25) is 14.2 Å². The first-order chi connectivity index (χ1) is 9.13. The summed E-state index contributed by atoms with van der Waals surface area (Å²) in [5, 5.41) is 0. The topological polar surface area (TPSA) is 47.3 Å². The molecule has 3 aromatic rings. The smallest absolute Gasteiger partial charge is 0.258 e. The van der Waals surface area contributed by atoms with Gasteiger partial charge < -0.3 is 0 Å². The Hall–Kier alpha value is -2.63. The minimum absolute atomic E-state index is 0.285. The molecule has 4 nitrogen and oxygen atoms in total. The van der Waals surface area contributed by atoms with Gasteiger partial charge in [0.2, 0.25) is 0 Å². The Morgan fingerprint density at radius 2 is 1.89 bits per heavy atom. The van der Waals surface area contributed by atoms with E-state index in [4.69, 9.17) is 0 Å². The zero-order chi connectivity index (χ0) is 13.4. The van der Waals surface area contributed by atoms with Gasteiger partial charge in [0, 0.05) is 24.0 Å². The van der Waals surface area contributed by atoms with Crippen molar-refractivity contribution in [3.63, 3.8) is 0 Å². The summed E-state index contributed by atoms with van der Waals surface area (Å²) >= 11 is 0. The Morgan fingerprint density at radius 1 is 1.05 bits per heavy atom. The number of fused-ring (bicyclic) bond motifs is 1. The molecule has 0 atom stereocenters. The molecular weight excluding hydrogens is 252 g/mol. The Bertz CT molecular complexity index is 829. The molecule has 6 heteroatoms. The van der Waals surface area contributed by atoms with Crippen molar-refractivity contribution in [2.24, 2.45) is 0 Å². The summed E-state index contributed by atoms with van der Waals surface area (Å²) in [7, 11) is 0. The SMILES string of the molecule is O=c1cc(-c2cncc(F)c2)nc2ccc(F)cn12. The molecule has 0 N–H and O–H groups in total. The zero-order valence-electron chi connectivity index (χ0n) is 9.55. The first-order valence-electron chi connectivity index (χ1n) is 5.43. The number of nitrogens with zero attached hydrogens (tertiary/aromatic N) is 3. The van der Waals surface area contributed by atoms with Crippen LogP contribution in [0.15, 0.2) is 47.7 Å². The van der Waals surface area contributed by atoms with E-state index in [2.05, 4.69) is 9.97 Å². The molecule has 94 valence electrons. The maximum atomic E-state index is 13.1. The maximum absolute atomic E-state index is 13.1. The van der Waals surface area contributed by atoms with Gasteiger partial charge in [0.05, 0.1) is 11.9 Å². The minimum atomic E-state index is -0.531. The second kappa shape index (κ2) is 4.24. The lowest BCUT2D eigenvalue weighted by atomic mass is 10.2. The second-order valence-corrected chi connectivity index (χ2v) is 3.95. The highest BCUT2D eigenvalue weighted by atomic mass is 19.1. The van der Waals surface area contributed by atoms with Gasteiger partial charge in [-0.1, -0.05) is 0 Å². The maximum Gasteiger partial charge on any atom is 0.258 e. The van der Waals surface area contributed by atoms with Crippen LogP contribution in [0.2, 0.25) is 0 Å². The van der Waals surface area contributed by atoms with Crippen LogP contribution in [0.3, 0.4) is 0 Å². The summed E-state index contributed by atoms with van der Waals surface area (Å²) in [5.74, 6) is -1.05. The molecule has 0 aromatic carbocycles.